The zero-order chi connectivity index (χ0) is 18.1. The number of carbonyl (C=O) groups is 1. The van der Waals surface area contributed by atoms with Gasteiger partial charge in [0.05, 0.1) is 6.04 Å². The third-order valence-corrected chi connectivity index (χ3v) is 5.09. The number of amides is 1. The summed E-state index contributed by atoms with van der Waals surface area (Å²) in [6.45, 7) is 4.67. The van der Waals surface area contributed by atoms with E-state index in [1.807, 2.05) is 25.1 Å². The minimum atomic E-state index is -0.681. The van der Waals surface area contributed by atoms with Crippen molar-refractivity contribution in [3.8, 4) is 5.75 Å². The highest BCUT2D eigenvalue weighted by Gasteiger charge is 2.29. The molecule has 3 N–H and O–H groups in total. The van der Waals surface area contributed by atoms with Crippen LogP contribution in [-0.4, -0.2) is 23.6 Å². The van der Waals surface area contributed by atoms with Crippen LogP contribution in [0.1, 0.15) is 23.6 Å². The number of fused-ring (bicyclic) bond motifs is 1. The van der Waals surface area contributed by atoms with Crippen LogP contribution in [0, 0.1) is 12.8 Å². The van der Waals surface area contributed by atoms with Crippen LogP contribution in [0.15, 0.2) is 36.4 Å². The summed E-state index contributed by atoms with van der Waals surface area (Å²) in [5.74, 6) is 0.414. The van der Waals surface area contributed by atoms with Crippen molar-refractivity contribution in [2.24, 2.45) is 11.7 Å². The zero-order valence-electron chi connectivity index (χ0n) is 14.5. The number of para-hydroxylation sites is 1. The second-order valence-electron chi connectivity index (χ2n) is 6.92. The topological polar surface area (TPSA) is 66.6 Å². The number of halogens is 1. The number of aryl methyl sites for hydroxylation is 1. The van der Waals surface area contributed by atoms with E-state index in [0.29, 0.717) is 23.9 Å². The standard InChI is InChI=1S/C20H23ClN2O2/c1-12-7-14-5-3-4-6-19(14)23(11-12)20(25)18(22)10-16-13(2)8-15(24)9-17(16)21/h3-6,8-9,12,18,24H,7,10-11,22H2,1-2H3. The molecule has 5 heteroatoms. The first-order valence-electron chi connectivity index (χ1n) is 8.49. The third kappa shape index (κ3) is 3.65. The second kappa shape index (κ2) is 7.06. The quantitative estimate of drug-likeness (QED) is 0.883. The molecule has 1 heterocycles. The Kier molecular flexibility index (Phi) is 5.02. The van der Waals surface area contributed by atoms with Gasteiger partial charge in [0.25, 0.3) is 0 Å². The molecule has 2 aromatic rings. The van der Waals surface area contributed by atoms with Crippen LogP contribution >= 0.6 is 11.6 Å². The van der Waals surface area contributed by atoms with Gasteiger partial charge in [0.2, 0.25) is 5.91 Å². The van der Waals surface area contributed by atoms with Gasteiger partial charge in [0, 0.05) is 17.3 Å². The summed E-state index contributed by atoms with van der Waals surface area (Å²) >= 11 is 6.23. The molecule has 0 aromatic heterocycles. The SMILES string of the molecule is Cc1cc(O)cc(Cl)c1CC(N)C(=O)N1CC(C)Cc2ccccc21. The average Bonchev–Trinajstić information content (AvgIpc) is 2.56. The molecule has 1 aliphatic heterocycles. The van der Waals surface area contributed by atoms with Crippen molar-refractivity contribution in [2.75, 3.05) is 11.4 Å². The van der Waals surface area contributed by atoms with Gasteiger partial charge in [-0.25, -0.2) is 0 Å². The molecule has 0 aliphatic carbocycles. The molecule has 0 bridgehead atoms. The third-order valence-electron chi connectivity index (χ3n) is 4.76. The number of hydrogen-bond donors (Lipinski definition) is 2. The summed E-state index contributed by atoms with van der Waals surface area (Å²) < 4.78 is 0. The molecule has 1 amide bonds. The highest BCUT2D eigenvalue weighted by Crippen LogP contribution is 2.31. The Morgan fingerprint density at radius 3 is 2.84 bits per heavy atom. The Hall–Kier alpha value is -2.04. The van der Waals surface area contributed by atoms with Gasteiger partial charge in [0.15, 0.2) is 0 Å². The first kappa shape index (κ1) is 17.8. The normalized spacial score (nSPS) is 17.9. The van der Waals surface area contributed by atoms with Crippen LogP contribution in [0.4, 0.5) is 5.69 Å². The monoisotopic (exact) mass is 358 g/mol. The number of carbonyl (C=O) groups excluding carboxylic acids is 1. The lowest BCUT2D eigenvalue weighted by Gasteiger charge is -2.34. The van der Waals surface area contributed by atoms with Crippen molar-refractivity contribution >= 4 is 23.2 Å². The molecule has 0 fully saturated rings. The first-order valence-corrected chi connectivity index (χ1v) is 8.87. The van der Waals surface area contributed by atoms with Gasteiger partial charge in [-0.05, 0) is 60.6 Å². The minimum Gasteiger partial charge on any atom is -0.508 e. The molecule has 0 saturated carbocycles. The minimum absolute atomic E-state index is 0.0949. The highest BCUT2D eigenvalue weighted by molar-refractivity contribution is 6.31. The van der Waals surface area contributed by atoms with E-state index in [2.05, 4.69) is 13.0 Å². The smallest absolute Gasteiger partial charge is 0.244 e. The van der Waals surface area contributed by atoms with Gasteiger partial charge in [0.1, 0.15) is 5.75 Å². The Bertz CT molecular complexity index is 783. The number of anilines is 1. The van der Waals surface area contributed by atoms with Crippen LogP contribution in [0.25, 0.3) is 0 Å². The van der Waals surface area contributed by atoms with Crippen LogP contribution in [0.3, 0.4) is 0 Å². The predicted molar refractivity (Wildman–Crippen MR) is 101 cm³/mol. The summed E-state index contributed by atoms with van der Waals surface area (Å²) in [5, 5.41) is 10.1. The molecular weight excluding hydrogens is 336 g/mol. The molecule has 25 heavy (non-hydrogen) atoms. The summed E-state index contributed by atoms with van der Waals surface area (Å²) in [6.07, 6.45) is 1.31. The molecule has 0 saturated heterocycles. The second-order valence-corrected chi connectivity index (χ2v) is 7.33. The summed E-state index contributed by atoms with van der Waals surface area (Å²) in [4.78, 5) is 14.8. The molecular formula is C20H23ClN2O2. The summed E-state index contributed by atoms with van der Waals surface area (Å²) in [7, 11) is 0. The number of phenolic OH excluding ortho intramolecular Hbond substituents is 1. The Morgan fingerprint density at radius 1 is 1.40 bits per heavy atom. The number of nitrogens with zero attached hydrogens (tertiary/aromatic N) is 1. The number of rotatable bonds is 3. The van der Waals surface area contributed by atoms with E-state index < -0.39 is 6.04 Å². The lowest BCUT2D eigenvalue weighted by Crippen LogP contribution is -2.48. The summed E-state index contributed by atoms with van der Waals surface area (Å²) in [5.41, 5.74) is 10.0. The maximum atomic E-state index is 13.0. The molecule has 2 aromatic carbocycles. The van der Waals surface area contributed by atoms with Gasteiger partial charge in [-0.3, -0.25) is 4.79 Å². The van der Waals surface area contributed by atoms with Gasteiger partial charge in [-0.15, -0.1) is 0 Å². The zero-order valence-corrected chi connectivity index (χ0v) is 15.3. The van der Waals surface area contributed by atoms with Gasteiger partial charge in [-0.1, -0.05) is 36.7 Å². The molecule has 1 aliphatic rings. The van der Waals surface area contributed by atoms with Crippen LogP contribution in [0.2, 0.25) is 5.02 Å². The molecule has 0 spiro atoms. The van der Waals surface area contributed by atoms with Crippen LogP contribution in [0.5, 0.6) is 5.75 Å². The Morgan fingerprint density at radius 2 is 2.12 bits per heavy atom. The Balaban J connectivity index is 1.84. The number of nitrogens with two attached hydrogens (primary N) is 1. The molecule has 2 unspecified atom stereocenters. The number of aromatic hydroxyl groups is 1. The van der Waals surface area contributed by atoms with Gasteiger partial charge >= 0.3 is 0 Å². The fourth-order valence-corrected chi connectivity index (χ4v) is 3.87. The van der Waals surface area contributed by atoms with E-state index in [9.17, 15) is 9.90 Å². The number of benzene rings is 2. The lowest BCUT2D eigenvalue weighted by atomic mass is 9.92. The van der Waals surface area contributed by atoms with Crippen molar-refractivity contribution in [3.05, 3.63) is 58.1 Å². The van der Waals surface area contributed by atoms with Gasteiger partial charge in [-0.2, -0.15) is 0 Å². The fourth-order valence-electron chi connectivity index (χ4n) is 3.53. The van der Waals surface area contributed by atoms with Crippen molar-refractivity contribution < 1.29 is 9.90 Å². The predicted octanol–water partition coefficient (Wildman–Crippen LogP) is 3.45. The molecule has 132 valence electrons. The van der Waals surface area contributed by atoms with Crippen molar-refractivity contribution in [1.29, 1.82) is 0 Å². The average molecular weight is 359 g/mol. The van der Waals surface area contributed by atoms with E-state index in [0.717, 1.165) is 23.2 Å². The van der Waals surface area contributed by atoms with E-state index in [4.69, 9.17) is 17.3 Å². The van der Waals surface area contributed by atoms with Crippen molar-refractivity contribution in [3.63, 3.8) is 0 Å². The fraction of sp³-hybridized carbons (Fsp3) is 0.350. The maximum Gasteiger partial charge on any atom is 0.244 e. The number of phenols is 1. The molecule has 4 nitrogen and oxygen atoms in total. The largest absolute Gasteiger partial charge is 0.508 e. The van der Waals surface area contributed by atoms with E-state index in [-0.39, 0.29) is 11.7 Å². The Labute approximate surface area is 153 Å². The summed E-state index contributed by atoms with van der Waals surface area (Å²) in [6, 6.07) is 10.4. The van der Waals surface area contributed by atoms with Crippen LogP contribution in [-0.2, 0) is 17.6 Å². The molecule has 2 atom stereocenters. The van der Waals surface area contributed by atoms with E-state index in [1.54, 1.807) is 11.0 Å². The van der Waals surface area contributed by atoms with Crippen LogP contribution < -0.4 is 10.6 Å². The first-order chi connectivity index (χ1) is 11.9. The van der Waals surface area contributed by atoms with Crippen molar-refractivity contribution in [1.82, 2.24) is 0 Å². The molecule has 0 radical (unpaired) electrons. The maximum absolute atomic E-state index is 13.0. The lowest BCUT2D eigenvalue weighted by molar-refractivity contribution is -0.120. The van der Waals surface area contributed by atoms with Gasteiger partial charge < -0.3 is 15.7 Å². The number of hydrogen-bond acceptors (Lipinski definition) is 3. The van der Waals surface area contributed by atoms with E-state index >= 15 is 0 Å². The van der Waals surface area contributed by atoms with E-state index in [1.165, 1.54) is 11.6 Å². The highest BCUT2D eigenvalue weighted by atomic mass is 35.5. The molecule has 3 rings (SSSR count). The van der Waals surface area contributed by atoms with Crippen molar-refractivity contribution in [2.45, 2.75) is 32.7 Å².